The number of fused-ring (bicyclic) bond motifs is 4. The van der Waals surface area contributed by atoms with E-state index < -0.39 is 0 Å². The molecular weight excluding hydrogens is 406 g/mol. The molecule has 0 fully saturated rings. The van der Waals surface area contributed by atoms with Crippen LogP contribution in [0.5, 0.6) is 0 Å². The molecule has 4 aromatic rings. The zero-order valence-corrected chi connectivity index (χ0v) is 19.1. The van der Waals surface area contributed by atoms with Gasteiger partial charge in [0.2, 0.25) is 0 Å². The normalized spacial score (nSPS) is 15.7. The van der Waals surface area contributed by atoms with Gasteiger partial charge in [-0.05, 0) is 69.0 Å². The molecule has 33 heavy (non-hydrogen) atoms. The van der Waals surface area contributed by atoms with E-state index >= 15 is 0 Å². The Labute approximate surface area is 195 Å². The fourth-order valence-corrected chi connectivity index (χ4v) is 5.38. The molecule has 0 aliphatic heterocycles. The van der Waals surface area contributed by atoms with Crippen LogP contribution in [0.15, 0.2) is 54.9 Å². The molecule has 1 aromatic carbocycles. The van der Waals surface area contributed by atoms with Crippen molar-refractivity contribution in [2.45, 2.75) is 51.2 Å². The topological polar surface area (TPSA) is 60.0 Å². The van der Waals surface area contributed by atoms with Crippen molar-refractivity contribution in [1.29, 1.82) is 0 Å². The summed E-state index contributed by atoms with van der Waals surface area (Å²) in [5.74, 6) is 2.85. The predicted octanol–water partition coefficient (Wildman–Crippen LogP) is 4.84. The molecule has 3 aromatic heterocycles. The Kier molecular flexibility index (Phi) is 6.39. The lowest BCUT2D eigenvalue weighted by Crippen LogP contribution is -2.33. The van der Waals surface area contributed by atoms with Gasteiger partial charge in [0.15, 0.2) is 0 Å². The van der Waals surface area contributed by atoms with Crippen molar-refractivity contribution < 1.29 is 0 Å². The van der Waals surface area contributed by atoms with Crippen LogP contribution in [-0.2, 0) is 19.5 Å². The first kappa shape index (κ1) is 21.6. The molecule has 1 atom stereocenters. The molecule has 0 spiro atoms. The van der Waals surface area contributed by atoms with Gasteiger partial charge < -0.3 is 10.3 Å². The molecule has 0 saturated heterocycles. The number of aromatic nitrogens is 3. The highest BCUT2D eigenvalue weighted by atomic mass is 15.2. The Morgan fingerprint density at radius 2 is 1.97 bits per heavy atom. The largest absolute Gasteiger partial charge is 0.330 e. The van der Waals surface area contributed by atoms with Gasteiger partial charge in [-0.3, -0.25) is 14.9 Å². The quantitative estimate of drug-likeness (QED) is 0.317. The average Bonchev–Trinajstić information content (AvgIpc) is 3.18. The highest BCUT2D eigenvalue weighted by molar-refractivity contribution is 6.08. The van der Waals surface area contributed by atoms with Gasteiger partial charge in [0.1, 0.15) is 0 Å². The summed E-state index contributed by atoms with van der Waals surface area (Å²) in [6, 6.07) is 15.2. The number of pyridine rings is 2. The second-order valence-electron chi connectivity index (χ2n) is 8.88. The average molecular weight is 438 g/mol. The lowest BCUT2D eigenvalue weighted by atomic mass is 9.90. The molecule has 5 rings (SSSR count). The summed E-state index contributed by atoms with van der Waals surface area (Å²) >= 11 is 0. The summed E-state index contributed by atoms with van der Waals surface area (Å²) in [6.07, 6.45) is 15.2. The minimum Gasteiger partial charge on any atom is -0.330 e. The van der Waals surface area contributed by atoms with E-state index in [1.54, 1.807) is 0 Å². The van der Waals surface area contributed by atoms with E-state index in [9.17, 15) is 0 Å². The number of aryl methyl sites for hydroxylation is 1. The summed E-state index contributed by atoms with van der Waals surface area (Å²) in [6.45, 7) is 3.00. The number of para-hydroxylation sites is 1. The van der Waals surface area contributed by atoms with E-state index in [0.29, 0.717) is 12.6 Å². The van der Waals surface area contributed by atoms with Crippen LogP contribution in [0.3, 0.4) is 0 Å². The second kappa shape index (κ2) is 9.74. The third-order valence-electron chi connectivity index (χ3n) is 6.86. The first-order chi connectivity index (χ1) is 16.3. The number of hydrogen-bond donors (Lipinski definition) is 1. The number of hydrogen-bond acceptors (Lipinski definition) is 4. The van der Waals surface area contributed by atoms with E-state index in [2.05, 4.69) is 57.9 Å². The van der Waals surface area contributed by atoms with Crippen LogP contribution in [0.4, 0.5) is 0 Å². The lowest BCUT2D eigenvalue weighted by molar-refractivity contribution is 0.161. The molecule has 1 aliphatic rings. The van der Waals surface area contributed by atoms with Crippen LogP contribution in [-0.4, -0.2) is 32.5 Å². The molecule has 1 unspecified atom stereocenters. The van der Waals surface area contributed by atoms with Crippen LogP contribution in [0.1, 0.15) is 48.7 Å². The Bertz CT molecular complexity index is 1300. The summed E-state index contributed by atoms with van der Waals surface area (Å²) in [7, 11) is 0. The van der Waals surface area contributed by atoms with Gasteiger partial charge in [0.25, 0.3) is 0 Å². The molecule has 168 valence electrons. The first-order valence-electron chi connectivity index (χ1n) is 12.0. The monoisotopic (exact) mass is 437 g/mol. The first-order valence-corrected chi connectivity index (χ1v) is 12.0. The van der Waals surface area contributed by atoms with Crippen LogP contribution in [0, 0.1) is 12.3 Å². The molecule has 3 heterocycles. The Morgan fingerprint density at radius 3 is 2.85 bits per heavy atom. The minimum atomic E-state index is 0.301. The van der Waals surface area contributed by atoms with Gasteiger partial charge >= 0.3 is 0 Å². The van der Waals surface area contributed by atoms with Crippen LogP contribution < -0.4 is 5.73 Å². The van der Waals surface area contributed by atoms with Gasteiger partial charge in [-0.2, -0.15) is 0 Å². The summed E-state index contributed by atoms with van der Waals surface area (Å²) in [5.41, 5.74) is 11.8. The van der Waals surface area contributed by atoms with Crippen molar-refractivity contribution in [2.75, 3.05) is 13.1 Å². The molecule has 5 nitrogen and oxygen atoms in total. The van der Waals surface area contributed by atoms with Crippen molar-refractivity contribution in [3.8, 4) is 12.3 Å². The molecule has 0 saturated carbocycles. The maximum Gasteiger partial charge on any atom is 0.0841 e. The van der Waals surface area contributed by atoms with Crippen LogP contribution in [0.25, 0.3) is 21.8 Å². The smallest absolute Gasteiger partial charge is 0.0841 e. The number of unbranched alkanes of at least 4 members (excludes halogenated alkanes) is 1. The van der Waals surface area contributed by atoms with Crippen molar-refractivity contribution in [3.63, 3.8) is 0 Å². The standard InChI is InChI=1S/C28H31N5/c1-2-18-33-25-12-4-3-11-22(25)23-14-17-30-24(28(23)33)20-32(19-6-5-15-29)26-13-7-9-21-10-8-16-31-27(21)26/h1,3-4,8,10-12,14,16-17,26H,5-7,9,13,15,18-20,29H2. The Balaban J connectivity index is 1.59. The Morgan fingerprint density at radius 1 is 1.06 bits per heavy atom. The van der Waals surface area contributed by atoms with E-state index in [1.807, 2.05) is 12.4 Å². The number of benzene rings is 1. The lowest BCUT2D eigenvalue weighted by Gasteiger charge is -2.35. The molecule has 5 heteroatoms. The maximum atomic E-state index is 5.83. The molecule has 0 radical (unpaired) electrons. The molecule has 0 bridgehead atoms. The van der Waals surface area contributed by atoms with Crippen molar-refractivity contribution in [2.24, 2.45) is 5.73 Å². The second-order valence-corrected chi connectivity index (χ2v) is 8.88. The van der Waals surface area contributed by atoms with Gasteiger partial charge in [0, 0.05) is 29.7 Å². The summed E-state index contributed by atoms with van der Waals surface area (Å²) in [5, 5.41) is 2.45. The third-order valence-corrected chi connectivity index (χ3v) is 6.86. The van der Waals surface area contributed by atoms with E-state index in [-0.39, 0.29) is 0 Å². The van der Waals surface area contributed by atoms with E-state index in [1.165, 1.54) is 34.0 Å². The SMILES string of the molecule is C#CCn1c2ccccc2c2ccnc(CN(CCCCN)C3CCCc4cccnc43)c21. The molecular formula is C28H31N5. The number of terminal acetylenes is 1. The van der Waals surface area contributed by atoms with E-state index in [0.717, 1.165) is 56.5 Å². The van der Waals surface area contributed by atoms with Gasteiger partial charge in [-0.15, -0.1) is 6.42 Å². The highest BCUT2D eigenvalue weighted by Crippen LogP contribution is 2.36. The zero-order chi connectivity index (χ0) is 22.6. The zero-order valence-electron chi connectivity index (χ0n) is 19.1. The predicted molar refractivity (Wildman–Crippen MR) is 135 cm³/mol. The van der Waals surface area contributed by atoms with Crippen molar-refractivity contribution in [3.05, 3.63) is 71.8 Å². The van der Waals surface area contributed by atoms with Gasteiger partial charge in [-0.25, -0.2) is 0 Å². The number of nitrogens with two attached hydrogens (primary N) is 1. The fraction of sp³-hybridized carbons (Fsp3) is 0.357. The minimum absolute atomic E-state index is 0.301. The van der Waals surface area contributed by atoms with E-state index in [4.69, 9.17) is 22.1 Å². The number of nitrogens with zero attached hydrogens (tertiary/aromatic N) is 4. The molecule has 0 amide bonds. The van der Waals surface area contributed by atoms with Crippen molar-refractivity contribution in [1.82, 2.24) is 19.4 Å². The summed E-state index contributed by atoms with van der Waals surface area (Å²) < 4.78 is 2.25. The highest BCUT2D eigenvalue weighted by Gasteiger charge is 2.28. The van der Waals surface area contributed by atoms with Crippen LogP contribution in [0.2, 0.25) is 0 Å². The molecule has 1 aliphatic carbocycles. The Hall–Kier alpha value is -3.20. The number of rotatable bonds is 8. The molecule has 2 N–H and O–H groups in total. The maximum absolute atomic E-state index is 5.83. The fourth-order valence-electron chi connectivity index (χ4n) is 5.38. The van der Waals surface area contributed by atoms with Crippen molar-refractivity contribution >= 4 is 21.8 Å². The third kappa shape index (κ3) is 4.13. The van der Waals surface area contributed by atoms with Gasteiger partial charge in [-0.1, -0.05) is 30.2 Å². The summed E-state index contributed by atoms with van der Waals surface area (Å²) in [4.78, 5) is 12.3. The van der Waals surface area contributed by atoms with Crippen LogP contribution >= 0.6 is 0 Å². The van der Waals surface area contributed by atoms with Gasteiger partial charge in [0.05, 0.1) is 35.0 Å².